The quantitative estimate of drug-likeness (QED) is 0.177. The van der Waals surface area contributed by atoms with Crippen molar-refractivity contribution in [1.29, 1.82) is 0 Å². The third-order valence-corrected chi connectivity index (χ3v) is 12.9. The average molecular weight is 825 g/mol. The second kappa shape index (κ2) is 12.2. The summed E-state index contributed by atoms with van der Waals surface area (Å²) >= 11 is 7.30. The standard InChI is InChI=1S/C50H36Br2N2/c1-49(2)41-11-7-5-9-37(41)39-23-17-31(27-43(39)49)35-25-26-36(32-18-24-40-38-10-6-8-12-42(38)50(3,4)44(40)28-32)48-47(35)53-45(29-13-19-33(51)20-14-29)46(54-48)30-15-21-34(52)22-16-30/h5-28H,1-4H3. The van der Waals surface area contributed by atoms with Gasteiger partial charge >= 0.3 is 0 Å². The molecule has 0 aliphatic heterocycles. The Morgan fingerprint density at radius 3 is 1.09 bits per heavy atom. The monoisotopic (exact) mass is 822 g/mol. The molecule has 0 radical (unpaired) electrons. The molecule has 1 aromatic heterocycles. The van der Waals surface area contributed by atoms with E-state index in [1.54, 1.807) is 0 Å². The minimum absolute atomic E-state index is 0.116. The molecule has 2 aliphatic rings. The van der Waals surface area contributed by atoms with Gasteiger partial charge in [0.25, 0.3) is 0 Å². The van der Waals surface area contributed by atoms with Crippen molar-refractivity contribution < 1.29 is 0 Å². The molecule has 0 fully saturated rings. The Bertz CT molecular complexity index is 2640. The Hall–Kier alpha value is -5.16. The van der Waals surface area contributed by atoms with Crippen molar-refractivity contribution in [2.24, 2.45) is 0 Å². The molecular weight excluding hydrogens is 788 g/mol. The van der Waals surface area contributed by atoms with Gasteiger partial charge in [0.1, 0.15) is 0 Å². The van der Waals surface area contributed by atoms with E-state index in [0.29, 0.717) is 0 Å². The highest BCUT2D eigenvalue weighted by atomic mass is 79.9. The molecule has 2 aliphatic carbocycles. The summed E-state index contributed by atoms with van der Waals surface area (Å²) in [6.07, 6.45) is 0. The fourth-order valence-electron chi connectivity index (χ4n) is 8.96. The van der Waals surface area contributed by atoms with Crippen molar-refractivity contribution in [3.63, 3.8) is 0 Å². The van der Waals surface area contributed by atoms with Gasteiger partial charge in [0.15, 0.2) is 0 Å². The molecule has 0 unspecified atom stereocenters. The van der Waals surface area contributed by atoms with Crippen LogP contribution in [0.4, 0.5) is 0 Å². The third kappa shape index (κ3) is 5.03. The van der Waals surface area contributed by atoms with Gasteiger partial charge in [-0.3, -0.25) is 0 Å². The van der Waals surface area contributed by atoms with Crippen molar-refractivity contribution in [1.82, 2.24) is 9.97 Å². The summed E-state index contributed by atoms with van der Waals surface area (Å²) < 4.78 is 2.05. The summed E-state index contributed by atoms with van der Waals surface area (Å²) in [5.41, 5.74) is 20.4. The first-order valence-corrected chi connectivity index (χ1v) is 20.0. The predicted molar refractivity (Wildman–Crippen MR) is 232 cm³/mol. The maximum absolute atomic E-state index is 5.65. The van der Waals surface area contributed by atoms with Gasteiger partial charge in [-0.25, -0.2) is 9.97 Å². The molecule has 4 heteroatoms. The van der Waals surface area contributed by atoms with Crippen LogP contribution in [0.5, 0.6) is 0 Å². The van der Waals surface area contributed by atoms with E-state index in [4.69, 9.17) is 9.97 Å². The number of benzene rings is 7. The fraction of sp³-hybridized carbons (Fsp3) is 0.120. The van der Waals surface area contributed by atoms with Crippen LogP contribution in [0.3, 0.4) is 0 Å². The van der Waals surface area contributed by atoms with E-state index >= 15 is 0 Å². The van der Waals surface area contributed by atoms with Crippen molar-refractivity contribution in [3.8, 4) is 67.0 Å². The minimum atomic E-state index is -0.116. The summed E-state index contributed by atoms with van der Waals surface area (Å²) in [5.74, 6) is 0. The smallest absolute Gasteiger partial charge is 0.0979 e. The highest BCUT2D eigenvalue weighted by molar-refractivity contribution is 9.10. The van der Waals surface area contributed by atoms with Gasteiger partial charge in [-0.15, -0.1) is 0 Å². The predicted octanol–water partition coefficient (Wildman–Crippen LogP) is 14.4. The molecule has 0 bridgehead atoms. The van der Waals surface area contributed by atoms with Crippen LogP contribution in [-0.2, 0) is 10.8 Å². The van der Waals surface area contributed by atoms with Crippen LogP contribution in [0.2, 0.25) is 0 Å². The molecule has 54 heavy (non-hydrogen) atoms. The van der Waals surface area contributed by atoms with Gasteiger partial charge in [0.05, 0.1) is 22.4 Å². The molecular formula is C50H36Br2N2. The van der Waals surface area contributed by atoms with E-state index in [0.717, 1.165) is 64.7 Å². The van der Waals surface area contributed by atoms with Crippen LogP contribution in [0, 0.1) is 0 Å². The number of halogens is 2. The molecule has 0 spiro atoms. The van der Waals surface area contributed by atoms with Crippen LogP contribution in [-0.4, -0.2) is 9.97 Å². The maximum Gasteiger partial charge on any atom is 0.0979 e. The minimum Gasteiger partial charge on any atom is -0.243 e. The zero-order valence-corrected chi connectivity index (χ0v) is 33.7. The molecule has 7 aromatic carbocycles. The Kier molecular flexibility index (Phi) is 7.53. The number of rotatable bonds is 4. The normalized spacial score (nSPS) is 14.4. The first-order valence-electron chi connectivity index (χ1n) is 18.5. The molecule has 260 valence electrons. The molecule has 0 saturated heterocycles. The molecule has 0 atom stereocenters. The van der Waals surface area contributed by atoms with E-state index in [-0.39, 0.29) is 10.8 Å². The van der Waals surface area contributed by atoms with Crippen LogP contribution < -0.4 is 0 Å². The van der Waals surface area contributed by atoms with Crippen LogP contribution >= 0.6 is 31.9 Å². The van der Waals surface area contributed by atoms with Crippen molar-refractivity contribution in [3.05, 3.63) is 177 Å². The summed E-state index contributed by atoms with van der Waals surface area (Å²) in [4.78, 5) is 11.3. The largest absolute Gasteiger partial charge is 0.243 e. The highest BCUT2D eigenvalue weighted by Gasteiger charge is 2.37. The Morgan fingerprint density at radius 1 is 0.352 bits per heavy atom. The van der Waals surface area contributed by atoms with Gasteiger partial charge in [-0.1, -0.05) is 169 Å². The Morgan fingerprint density at radius 2 is 0.685 bits per heavy atom. The number of fused-ring (bicyclic) bond motifs is 7. The van der Waals surface area contributed by atoms with Gasteiger partial charge in [0, 0.05) is 42.0 Å². The second-order valence-electron chi connectivity index (χ2n) is 15.7. The lowest BCUT2D eigenvalue weighted by Gasteiger charge is -2.23. The van der Waals surface area contributed by atoms with Gasteiger partial charge in [0.2, 0.25) is 0 Å². The number of nitrogens with zero attached hydrogens (tertiary/aromatic N) is 2. The molecule has 10 rings (SSSR count). The molecule has 1 heterocycles. The van der Waals surface area contributed by atoms with Gasteiger partial charge in [-0.05, 0) is 92.0 Å². The van der Waals surface area contributed by atoms with Crippen LogP contribution in [0.1, 0.15) is 49.9 Å². The third-order valence-electron chi connectivity index (χ3n) is 11.8. The van der Waals surface area contributed by atoms with Crippen molar-refractivity contribution >= 4 is 42.9 Å². The SMILES string of the molecule is CC1(C)c2ccccc2-c2ccc(-c3ccc(-c4ccc5c(c4)C(C)(C)c4ccccc4-5)c4nc(-c5ccc(Br)cc5)c(-c5ccc(Br)cc5)nc34)cc21. The summed E-state index contributed by atoms with van der Waals surface area (Å²) in [6, 6.07) is 52.9. The molecule has 8 aromatic rings. The lowest BCUT2D eigenvalue weighted by molar-refractivity contribution is 0.660. The van der Waals surface area contributed by atoms with E-state index in [9.17, 15) is 0 Å². The van der Waals surface area contributed by atoms with Gasteiger partial charge in [-0.2, -0.15) is 0 Å². The fourth-order valence-corrected chi connectivity index (χ4v) is 9.49. The molecule has 0 N–H and O–H groups in total. The lowest BCUT2D eigenvalue weighted by atomic mass is 9.81. The zero-order chi connectivity index (χ0) is 36.9. The van der Waals surface area contributed by atoms with Crippen LogP contribution in [0.25, 0.3) is 78.1 Å². The topological polar surface area (TPSA) is 25.8 Å². The summed E-state index contributed by atoms with van der Waals surface area (Å²) in [5, 5.41) is 0. The highest BCUT2D eigenvalue weighted by Crippen LogP contribution is 2.52. The van der Waals surface area contributed by atoms with E-state index in [1.165, 1.54) is 44.5 Å². The summed E-state index contributed by atoms with van der Waals surface area (Å²) in [7, 11) is 0. The molecule has 2 nitrogen and oxygen atoms in total. The molecule has 0 saturated carbocycles. The lowest BCUT2D eigenvalue weighted by Crippen LogP contribution is -2.15. The number of hydrogen-bond donors (Lipinski definition) is 0. The van der Waals surface area contributed by atoms with Gasteiger partial charge < -0.3 is 0 Å². The summed E-state index contributed by atoms with van der Waals surface area (Å²) in [6.45, 7) is 9.36. The van der Waals surface area contributed by atoms with E-state index < -0.39 is 0 Å². The van der Waals surface area contributed by atoms with Crippen molar-refractivity contribution in [2.45, 2.75) is 38.5 Å². The van der Waals surface area contributed by atoms with E-state index in [1.807, 2.05) is 0 Å². The first-order chi connectivity index (χ1) is 26.1. The number of hydrogen-bond acceptors (Lipinski definition) is 2. The van der Waals surface area contributed by atoms with Crippen molar-refractivity contribution in [2.75, 3.05) is 0 Å². The van der Waals surface area contributed by atoms with E-state index in [2.05, 4.69) is 205 Å². The average Bonchev–Trinajstić information content (AvgIpc) is 3.56. The number of aromatic nitrogens is 2. The Balaban J connectivity index is 1.25. The maximum atomic E-state index is 5.65. The van der Waals surface area contributed by atoms with Crippen LogP contribution in [0.15, 0.2) is 155 Å². The Labute approximate surface area is 333 Å². The molecule has 0 amide bonds. The zero-order valence-electron chi connectivity index (χ0n) is 30.5. The first kappa shape index (κ1) is 33.4. The second-order valence-corrected chi connectivity index (χ2v) is 17.5.